The second kappa shape index (κ2) is 8.45. The molecule has 0 radical (unpaired) electrons. The Hall–Kier alpha value is -1.92. The minimum atomic E-state index is -0.693. The van der Waals surface area contributed by atoms with E-state index in [4.69, 9.17) is 4.74 Å². The lowest BCUT2D eigenvalue weighted by Gasteiger charge is -2.38. The molecule has 1 N–H and O–H groups in total. The molecule has 0 saturated heterocycles. The molecule has 1 aromatic rings. The van der Waals surface area contributed by atoms with E-state index < -0.39 is 5.54 Å². The Morgan fingerprint density at radius 2 is 1.96 bits per heavy atom. The fourth-order valence-electron chi connectivity index (χ4n) is 3.57. The zero-order valence-electron chi connectivity index (χ0n) is 15.7. The molecule has 6 nitrogen and oxygen atoms in total. The Bertz CT molecular complexity index is 618. The average molecular weight is 347 g/mol. The highest BCUT2D eigenvalue weighted by Crippen LogP contribution is 2.41. The quantitative estimate of drug-likeness (QED) is 0.713. The maximum absolute atomic E-state index is 13.3. The van der Waals surface area contributed by atoms with E-state index in [1.165, 1.54) is 10.5 Å². The SMILES string of the molecule is COCCCNC(=O)CN(C)C(=O)C1(N(C)C)CCc2ccccc21. The van der Waals surface area contributed by atoms with Gasteiger partial charge in [0.2, 0.25) is 11.8 Å². The first-order chi connectivity index (χ1) is 11.9. The zero-order chi connectivity index (χ0) is 18.4. The van der Waals surface area contributed by atoms with Gasteiger partial charge in [-0.3, -0.25) is 14.5 Å². The minimum absolute atomic E-state index is 0.0329. The van der Waals surface area contributed by atoms with Gasteiger partial charge in [-0.05, 0) is 44.5 Å². The van der Waals surface area contributed by atoms with Crippen molar-refractivity contribution in [2.24, 2.45) is 0 Å². The van der Waals surface area contributed by atoms with Gasteiger partial charge in [-0.25, -0.2) is 0 Å². The second-order valence-electron chi connectivity index (χ2n) is 6.77. The lowest BCUT2D eigenvalue weighted by molar-refractivity contribution is -0.145. The Balaban J connectivity index is 2.08. The molecule has 0 fully saturated rings. The standard InChI is InChI=1S/C19H29N3O3/c1-21(2)19(11-10-15-8-5-6-9-16(15)19)18(24)22(3)14-17(23)20-12-7-13-25-4/h5-6,8-9H,7,10-14H2,1-4H3,(H,20,23). The van der Waals surface area contributed by atoms with Gasteiger partial charge in [-0.1, -0.05) is 24.3 Å². The van der Waals surface area contributed by atoms with E-state index in [0.29, 0.717) is 13.2 Å². The van der Waals surface area contributed by atoms with Crippen LogP contribution in [0.4, 0.5) is 0 Å². The van der Waals surface area contributed by atoms with Crippen LogP contribution >= 0.6 is 0 Å². The van der Waals surface area contributed by atoms with Gasteiger partial charge in [0, 0.05) is 27.3 Å². The smallest absolute Gasteiger partial charge is 0.247 e. The van der Waals surface area contributed by atoms with Crippen molar-refractivity contribution in [1.82, 2.24) is 15.1 Å². The largest absolute Gasteiger partial charge is 0.385 e. The van der Waals surface area contributed by atoms with Gasteiger partial charge in [0.1, 0.15) is 5.54 Å². The maximum Gasteiger partial charge on any atom is 0.247 e. The number of amides is 2. The van der Waals surface area contributed by atoms with Crippen LogP contribution in [0.3, 0.4) is 0 Å². The van der Waals surface area contributed by atoms with Gasteiger partial charge in [-0.2, -0.15) is 0 Å². The number of rotatable bonds is 8. The molecule has 2 amide bonds. The van der Waals surface area contributed by atoms with Crippen LogP contribution in [-0.2, 0) is 26.3 Å². The highest BCUT2D eigenvalue weighted by Gasteiger charge is 2.48. The van der Waals surface area contributed by atoms with Crippen molar-refractivity contribution in [3.8, 4) is 0 Å². The number of likely N-dealkylation sites (N-methyl/N-ethyl adjacent to an activating group) is 2. The molecule has 0 bridgehead atoms. The number of nitrogens with zero attached hydrogens (tertiary/aromatic N) is 2. The van der Waals surface area contributed by atoms with Gasteiger partial charge < -0.3 is 15.0 Å². The van der Waals surface area contributed by atoms with Crippen molar-refractivity contribution in [3.05, 3.63) is 35.4 Å². The third-order valence-electron chi connectivity index (χ3n) is 4.91. The van der Waals surface area contributed by atoms with Crippen LogP contribution in [0.1, 0.15) is 24.0 Å². The monoisotopic (exact) mass is 347 g/mol. The van der Waals surface area contributed by atoms with Crippen LogP contribution in [0, 0.1) is 0 Å². The third kappa shape index (κ3) is 4.02. The predicted octanol–water partition coefficient (Wildman–Crippen LogP) is 1.00. The number of carbonyl (C=O) groups excluding carboxylic acids is 2. The summed E-state index contributed by atoms with van der Waals surface area (Å²) in [6.45, 7) is 1.22. The maximum atomic E-state index is 13.3. The van der Waals surface area contributed by atoms with E-state index in [2.05, 4.69) is 11.4 Å². The summed E-state index contributed by atoms with van der Waals surface area (Å²) in [6.07, 6.45) is 2.37. The van der Waals surface area contributed by atoms with E-state index in [1.807, 2.05) is 37.2 Å². The molecule has 25 heavy (non-hydrogen) atoms. The van der Waals surface area contributed by atoms with Crippen LogP contribution in [0.5, 0.6) is 0 Å². The number of methoxy groups -OCH3 is 1. The van der Waals surface area contributed by atoms with Crippen molar-refractivity contribution in [2.45, 2.75) is 24.8 Å². The third-order valence-corrected chi connectivity index (χ3v) is 4.91. The Morgan fingerprint density at radius 1 is 1.24 bits per heavy atom. The Kier molecular flexibility index (Phi) is 6.56. The summed E-state index contributed by atoms with van der Waals surface area (Å²) in [5, 5.41) is 2.83. The fraction of sp³-hybridized carbons (Fsp3) is 0.579. The van der Waals surface area contributed by atoms with Crippen LogP contribution in [-0.4, -0.2) is 69.6 Å². The highest BCUT2D eigenvalue weighted by atomic mass is 16.5. The topological polar surface area (TPSA) is 61.9 Å². The molecular weight excluding hydrogens is 318 g/mol. The Labute approximate surface area is 150 Å². The lowest BCUT2D eigenvalue weighted by Crippen LogP contribution is -2.54. The van der Waals surface area contributed by atoms with Gasteiger partial charge in [0.15, 0.2) is 0 Å². The number of ether oxygens (including phenoxy) is 1. The van der Waals surface area contributed by atoms with E-state index in [9.17, 15) is 9.59 Å². The number of fused-ring (bicyclic) bond motifs is 1. The molecule has 0 aliphatic heterocycles. The normalized spacial score (nSPS) is 18.9. The first-order valence-electron chi connectivity index (χ1n) is 8.70. The summed E-state index contributed by atoms with van der Waals surface area (Å²) < 4.78 is 4.96. The Morgan fingerprint density at radius 3 is 2.64 bits per heavy atom. The molecule has 1 unspecified atom stereocenters. The molecule has 2 rings (SSSR count). The number of carbonyl (C=O) groups is 2. The van der Waals surface area contributed by atoms with E-state index in [1.54, 1.807) is 14.2 Å². The molecule has 0 heterocycles. The average Bonchev–Trinajstić information content (AvgIpc) is 2.98. The van der Waals surface area contributed by atoms with Crippen LogP contribution in [0.2, 0.25) is 0 Å². The molecule has 1 aromatic carbocycles. The summed E-state index contributed by atoms with van der Waals surface area (Å²) in [5.74, 6) is -0.179. The van der Waals surface area contributed by atoms with Gasteiger partial charge in [-0.15, -0.1) is 0 Å². The molecule has 0 saturated carbocycles. The summed E-state index contributed by atoms with van der Waals surface area (Å²) in [4.78, 5) is 28.9. The van der Waals surface area contributed by atoms with Crippen molar-refractivity contribution in [2.75, 3.05) is 47.9 Å². The molecule has 138 valence electrons. The zero-order valence-corrected chi connectivity index (χ0v) is 15.7. The van der Waals surface area contributed by atoms with Crippen molar-refractivity contribution >= 4 is 11.8 Å². The lowest BCUT2D eigenvalue weighted by atomic mass is 9.88. The molecular formula is C19H29N3O3. The molecule has 6 heteroatoms. The number of hydrogen-bond acceptors (Lipinski definition) is 4. The van der Waals surface area contributed by atoms with Crippen molar-refractivity contribution in [3.63, 3.8) is 0 Å². The van der Waals surface area contributed by atoms with Crippen molar-refractivity contribution < 1.29 is 14.3 Å². The van der Waals surface area contributed by atoms with E-state index in [-0.39, 0.29) is 18.4 Å². The molecule has 1 aliphatic carbocycles. The molecule has 0 spiro atoms. The predicted molar refractivity (Wildman–Crippen MR) is 97.3 cm³/mol. The van der Waals surface area contributed by atoms with Gasteiger partial charge in [0.05, 0.1) is 6.54 Å². The first-order valence-corrected chi connectivity index (χ1v) is 8.70. The van der Waals surface area contributed by atoms with Gasteiger partial charge >= 0.3 is 0 Å². The van der Waals surface area contributed by atoms with E-state index >= 15 is 0 Å². The van der Waals surface area contributed by atoms with Crippen molar-refractivity contribution in [1.29, 1.82) is 0 Å². The summed E-state index contributed by atoms with van der Waals surface area (Å²) in [7, 11) is 7.19. The van der Waals surface area contributed by atoms with Crippen LogP contribution < -0.4 is 5.32 Å². The van der Waals surface area contributed by atoms with Crippen LogP contribution in [0.25, 0.3) is 0 Å². The molecule has 0 aromatic heterocycles. The number of benzene rings is 1. The number of aryl methyl sites for hydroxylation is 1. The first kappa shape index (κ1) is 19.4. The summed E-state index contributed by atoms with van der Waals surface area (Å²) >= 11 is 0. The summed E-state index contributed by atoms with van der Waals surface area (Å²) in [6, 6.07) is 8.08. The summed E-state index contributed by atoms with van der Waals surface area (Å²) in [5.41, 5.74) is 1.57. The second-order valence-corrected chi connectivity index (χ2v) is 6.77. The molecule has 1 atom stereocenters. The number of hydrogen-bond donors (Lipinski definition) is 1. The molecule has 1 aliphatic rings. The minimum Gasteiger partial charge on any atom is -0.385 e. The van der Waals surface area contributed by atoms with Gasteiger partial charge in [0.25, 0.3) is 0 Å². The fourth-order valence-corrected chi connectivity index (χ4v) is 3.57. The number of nitrogens with one attached hydrogen (secondary N) is 1. The van der Waals surface area contributed by atoms with E-state index in [0.717, 1.165) is 24.8 Å². The highest BCUT2D eigenvalue weighted by molar-refractivity contribution is 5.92. The van der Waals surface area contributed by atoms with Crippen LogP contribution in [0.15, 0.2) is 24.3 Å².